The van der Waals surface area contributed by atoms with Crippen molar-refractivity contribution in [3.8, 4) is 5.95 Å². The minimum absolute atomic E-state index is 0.234. The fourth-order valence-electron chi connectivity index (χ4n) is 2.34. The average Bonchev–Trinajstić information content (AvgIpc) is 2.90. The Morgan fingerprint density at radius 2 is 1.85 bits per heavy atom. The average molecular weight is 291 g/mol. The van der Waals surface area contributed by atoms with Gasteiger partial charge in [-0.2, -0.15) is 26.7 Å². The van der Waals surface area contributed by atoms with Gasteiger partial charge in [-0.1, -0.05) is 13.8 Å². The molecule has 1 saturated heterocycles. The van der Waals surface area contributed by atoms with E-state index < -0.39 is 0 Å². The summed E-state index contributed by atoms with van der Waals surface area (Å²) in [6, 6.07) is 0. The molecule has 7 nitrogen and oxygen atoms in total. The maximum Gasteiger partial charge on any atom is 0.241 e. The first-order chi connectivity index (χ1) is 9.61. The van der Waals surface area contributed by atoms with E-state index in [1.165, 1.54) is 0 Å². The molecule has 2 atom stereocenters. The molecule has 0 aliphatic carbocycles. The Labute approximate surface area is 121 Å². The molecule has 0 spiro atoms. The van der Waals surface area contributed by atoms with Crippen LogP contribution in [0.1, 0.15) is 13.8 Å². The monoisotopic (exact) mass is 291 g/mol. The third kappa shape index (κ3) is 2.69. The molecule has 2 aromatic rings. The second kappa shape index (κ2) is 5.28. The van der Waals surface area contributed by atoms with E-state index in [1.807, 2.05) is 11.8 Å². The fourth-order valence-corrected chi connectivity index (χ4v) is 3.67. The molecule has 1 aliphatic rings. The summed E-state index contributed by atoms with van der Waals surface area (Å²) in [5.41, 5.74) is 5.81. The maximum atomic E-state index is 5.81. The third-order valence-electron chi connectivity index (χ3n) is 3.07. The zero-order valence-electron chi connectivity index (χ0n) is 11.5. The number of hydrogen-bond acceptors (Lipinski definition) is 7. The van der Waals surface area contributed by atoms with Crippen molar-refractivity contribution < 1.29 is 0 Å². The number of imidazole rings is 1. The smallest absolute Gasteiger partial charge is 0.241 e. The highest BCUT2D eigenvalue weighted by Crippen LogP contribution is 2.27. The molecule has 2 unspecified atom stereocenters. The number of thioether (sulfide) groups is 1. The predicted molar refractivity (Wildman–Crippen MR) is 80.1 cm³/mol. The third-order valence-corrected chi connectivity index (χ3v) is 4.29. The highest BCUT2D eigenvalue weighted by Gasteiger charge is 2.24. The van der Waals surface area contributed by atoms with Gasteiger partial charge >= 0.3 is 0 Å². The van der Waals surface area contributed by atoms with Gasteiger partial charge in [-0.3, -0.25) is 4.57 Å². The summed E-state index contributed by atoms with van der Waals surface area (Å²) in [5.74, 6) is 1.38. The molecule has 3 rings (SSSR count). The summed E-state index contributed by atoms with van der Waals surface area (Å²) in [6.07, 6.45) is 5.12. The Kier molecular flexibility index (Phi) is 3.47. The Morgan fingerprint density at radius 1 is 1.15 bits per heavy atom. The molecule has 20 heavy (non-hydrogen) atoms. The molecule has 2 N–H and O–H groups in total. The number of aromatic nitrogens is 5. The van der Waals surface area contributed by atoms with Gasteiger partial charge in [-0.15, -0.1) is 0 Å². The first kappa shape index (κ1) is 13.2. The molecule has 1 fully saturated rings. The molecule has 0 bridgehead atoms. The van der Waals surface area contributed by atoms with Crippen LogP contribution >= 0.6 is 11.8 Å². The van der Waals surface area contributed by atoms with Crippen molar-refractivity contribution >= 4 is 23.7 Å². The van der Waals surface area contributed by atoms with E-state index in [0.717, 1.165) is 13.1 Å². The number of anilines is 2. The van der Waals surface area contributed by atoms with Gasteiger partial charge in [0.2, 0.25) is 17.8 Å². The lowest BCUT2D eigenvalue weighted by Gasteiger charge is -2.34. The summed E-state index contributed by atoms with van der Waals surface area (Å²) >= 11 is 1.99. The lowest BCUT2D eigenvalue weighted by atomic mass is 10.3. The molecule has 0 aromatic carbocycles. The van der Waals surface area contributed by atoms with Gasteiger partial charge in [0, 0.05) is 36.0 Å². The second-order valence-electron chi connectivity index (χ2n) is 4.93. The molecule has 106 valence electrons. The zero-order valence-corrected chi connectivity index (χ0v) is 12.3. The number of hydrogen-bond donors (Lipinski definition) is 1. The predicted octanol–water partition coefficient (Wildman–Crippen LogP) is 0.970. The van der Waals surface area contributed by atoms with Gasteiger partial charge in [0.25, 0.3) is 0 Å². The number of nitrogen functional groups attached to an aromatic ring is 1. The number of nitrogens with two attached hydrogens (primary N) is 1. The summed E-state index contributed by atoms with van der Waals surface area (Å²) in [7, 11) is 0. The van der Waals surface area contributed by atoms with Crippen molar-refractivity contribution in [3.63, 3.8) is 0 Å². The van der Waals surface area contributed by atoms with E-state index >= 15 is 0 Å². The highest BCUT2D eigenvalue weighted by molar-refractivity contribution is 8.00. The van der Waals surface area contributed by atoms with Gasteiger partial charge in [-0.25, -0.2) is 4.98 Å². The molecule has 2 aromatic heterocycles. The largest absolute Gasteiger partial charge is 0.368 e. The second-order valence-corrected chi connectivity index (χ2v) is 6.81. The number of nitrogens with zero attached hydrogens (tertiary/aromatic N) is 6. The van der Waals surface area contributed by atoms with Crippen molar-refractivity contribution in [1.29, 1.82) is 0 Å². The van der Waals surface area contributed by atoms with Crippen LogP contribution in [0, 0.1) is 0 Å². The first-order valence-corrected chi connectivity index (χ1v) is 7.46. The van der Waals surface area contributed by atoms with Crippen LogP contribution in [-0.4, -0.2) is 48.1 Å². The van der Waals surface area contributed by atoms with Crippen molar-refractivity contribution in [2.75, 3.05) is 23.7 Å². The standard InChI is InChI=1S/C12H17N7S/c1-8-5-19(6-9(2)20-8)12-16-10(13)15-11(17-12)18-4-3-14-7-18/h3-4,7-9H,5-6H2,1-2H3,(H2,13,15,16,17). The van der Waals surface area contributed by atoms with Crippen molar-refractivity contribution in [2.45, 2.75) is 24.3 Å². The van der Waals surface area contributed by atoms with E-state index in [2.05, 4.69) is 38.7 Å². The van der Waals surface area contributed by atoms with E-state index in [1.54, 1.807) is 23.3 Å². The minimum Gasteiger partial charge on any atom is -0.368 e. The van der Waals surface area contributed by atoms with E-state index in [4.69, 9.17) is 5.73 Å². The van der Waals surface area contributed by atoms with Gasteiger partial charge in [0.15, 0.2) is 0 Å². The maximum absolute atomic E-state index is 5.81. The Balaban J connectivity index is 1.93. The summed E-state index contributed by atoms with van der Waals surface area (Å²) in [4.78, 5) is 19.1. The van der Waals surface area contributed by atoms with E-state index in [0.29, 0.717) is 22.4 Å². The van der Waals surface area contributed by atoms with Gasteiger partial charge in [0.05, 0.1) is 0 Å². The van der Waals surface area contributed by atoms with Crippen LogP contribution in [-0.2, 0) is 0 Å². The van der Waals surface area contributed by atoms with Crippen LogP contribution in [0.15, 0.2) is 18.7 Å². The molecule has 0 amide bonds. The lowest BCUT2D eigenvalue weighted by Crippen LogP contribution is -2.41. The normalized spacial score (nSPS) is 23.0. The van der Waals surface area contributed by atoms with Crippen LogP contribution in [0.2, 0.25) is 0 Å². The first-order valence-electron chi connectivity index (χ1n) is 6.52. The SMILES string of the molecule is CC1CN(c2nc(N)nc(-n3ccnc3)n2)CC(C)S1. The van der Waals surface area contributed by atoms with Crippen molar-refractivity contribution in [3.05, 3.63) is 18.7 Å². The quantitative estimate of drug-likeness (QED) is 0.882. The molecule has 3 heterocycles. The molecule has 0 radical (unpaired) electrons. The molecular weight excluding hydrogens is 274 g/mol. The molecule has 8 heteroatoms. The van der Waals surface area contributed by atoms with Crippen LogP contribution in [0.5, 0.6) is 0 Å². The Hall–Kier alpha value is -1.83. The Morgan fingerprint density at radius 3 is 2.50 bits per heavy atom. The summed E-state index contributed by atoms with van der Waals surface area (Å²) < 4.78 is 1.73. The van der Waals surface area contributed by atoms with Gasteiger partial charge < -0.3 is 10.6 Å². The number of rotatable bonds is 2. The zero-order chi connectivity index (χ0) is 14.1. The highest BCUT2D eigenvalue weighted by atomic mass is 32.2. The minimum atomic E-state index is 0.234. The van der Waals surface area contributed by atoms with Crippen LogP contribution < -0.4 is 10.6 Å². The van der Waals surface area contributed by atoms with E-state index in [-0.39, 0.29) is 5.95 Å². The van der Waals surface area contributed by atoms with Crippen LogP contribution in [0.4, 0.5) is 11.9 Å². The van der Waals surface area contributed by atoms with Crippen LogP contribution in [0.3, 0.4) is 0 Å². The lowest BCUT2D eigenvalue weighted by molar-refractivity contribution is 0.700. The fraction of sp³-hybridized carbons (Fsp3) is 0.500. The van der Waals surface area contributed by atoms with Crippen LogP contribution in [0.25, 0.3) is 5.95 Å². The molecule has 0 saturated carbocycles. The van der Waals surface area contributed by atoms with Crippen molar-refractivity contribution in [1.82, 2.24) is 24.5 Å². The van der Waals surface area contributed by atoms with Gasteiger partial charge in [0.1, 0.15) is 6.33 Å². The van der Waals surface area contributed by atoms with Gasteiger partial charge in [-0.05, 0) is 0 Å². The van der Waals surface area contributed by atoms with E-state index in [9.17, 15) is 0 Å². The summed E-state index contributed by atoms with van der Waals surface area (Å²) in [5, 5.41) is 1.10. The molecule has 1 aliphatic heterocycles. The topological polar surface area (TPSA) is 85.8 Å². The Bertz CT molecular complexity index is 575. The summed E-state index contributed by atoms with van der Waals surface area (Å²) in [6.45, 7) is 6.27. The van der Waals surface area contributed by atoms with Crippen molar-refractivity contribution in [2.24, 2.45) is 0 Å². The molecular formula is C12H17N7S.